The molecule has 0 amide bonds. The van der Waals surface area contributed by atoms with E-state index in [0.717, 1.165) is 17.4 Å². The molecule has 0 spiro atoms. The molecular weight excluding hydrogens is 213 g/mol. The maximum Gasteiger partial charge on any atom is 0.170 e. The SMILES string of the molecule is OCc1sc2ccc(F)c(F)c2c1F. The van der Waals surface area contributed by atoms with E-state index in [-0.39, 0.29) is 10.3 Å². The zero-order valence-corrected chi connectivity index (χ0v) is 7.67. The summed E-state index contributed by atoms with van der Waals surface area (Å²) in [4.78, 5) is 0.0181. The molecule has 0 aliphatic heterocycles. The van der Waals surface area contributed by atoms with E-state index >= 15 is 0 Å². The quantitative estimate of drug-likeness (QED) is 0.780. The average molecular weight is 218 g/mol. The number of thiophene rings is 1. The summed E-state index contributed by atoms with van der Waals surface area (Å²) in [5, 5.41) is 8.36. The normalized spacial score (nSPS) is 11.1. The Hall–Kier alpha value is -1.07. The van der Waals surface area contributed by atoms with Gasteiger partial charge in [0.25, 0.3) is 0 Å². The number of benzene rings is 1. The molecule has 0 aliphatic rings. The highest BCUT2D eigenvalue weighted by Crippen LogP contribution is 2.32. The molecule has 1 aromatic heterocycles. The van der Waals surface area contributed by atoms with Crippen LogP contribution in [0.3, 0.4) is 0 Å². The molecule has 0 saturated heterocycles. The van der Waals surface area contributed by atoms with Gasteiger partial charge in [-0.1, -0.05) is 0 Å². The molecule has 2 rings (SSSR count). The highest BCUT2D eigenvalue weighted by atomic mass is 32.1. The topological polar surface area (TPSA) is 20.2 Å². The third kappa shape index (κ3) is 1.20. The van der Waals surface area contributed by atoms with E-state index in [1.54, 1.807) is 0 Å². The molecule has 0 aliphatic carbocycles. The van der Waals surface area contributed by atoms with E-state index < -0.39 is 24.1 Å². The molecular formula is C9H5F3OS. The Labute approximate surface area is 81.4 Å². The second-order valence-electron chi connectivity index (χ2n) is 2.73. The Balaban J connectivity index is 2.87. The van der Waals surface area contributed by atoms with Crippen molar-refractivity contribution in [2.45, 2.75) is 6.61 Å². The lowest BCUT2D eigenvalue weighted by Gasteiger charge is -1.93. The first kappa shape index (κ1) is 9.48. The van der Waals surface area contributed by atoms with Crippen molar-refractivity contribution in [3.05, 3.63) is 34.5 Å². The van der Waals surface area contributed by atoms with Crippen LogP contribution in [0.2, 0.25) is 0 Å². The molecule has 1 nitrogen and oxygen atoms in total. The molecule has 2 aromatic rings. The Morgan fingerprint density at radius 2 is 1.86 bits per heavy atom. The van der Waals surface area contributed by atoms with Gasteiger partial charge in [0.1, 0.15) is 5.82 Å². The van der Waals surface area contributed by atoms with Gasteiger partial charge < -0.3 is 5.11 Å². The van der Waals surface area contributed by atoms with Gasteiger partial charge in [0.2, 0.25) is 0 Å². The lowest BCUT2D eigenvalue weighted by Crippen LogP contribution is -1.86. The third-order valence-electron chi connectivity index (χ3n) is 1.90. The van der Waals surface area contributed by atoms with Crippen LogP contribution >= 0.6 is 11.3 Å². The van der Waals surface area contributed by atoms with Crippen molar-refractivity contribution in [1.82, 2.24) is 0 Å². The minimum atomic E-state index is -1.20. The summed E-state index contributed by atoms with van der Waals surface area (Å²) in [5.74, 6) is -3.15. The number of hydrogen-bond donors (Lipinski definition) is 1. The number of halogens is 3. The van der Waals surface area contributed by atoms with E-state index in [4.69, 9.17) is 5.11 Å². The first-order valence-electron chi connectivity index (χ1n) is 3.81. The summed E-state index contributed by atoms with van der Waals surface area (Å²) >= 11 is 0.915. The Morgan fingerprint density at radius 1 is 1.14 bits per heavy atom. The summed E-state index contributed by atoms with van der Waals surface area (Å²) in [6.45, 7) is -0.508. The molecule has 5 heteroatoms. The number of rotatable bonds is 1. The fraction of sp³-hybridized carbons (Fsp3) is 0.111. The van der Waals surface area contributed by atoms with E-state index in [1.807, 2.05) is 0 Å². The molecule has 0 radical (unpaired) electrons. The van der Waals surface area contributed by atoms with Gasteiger partial charge in [0.15, 0.2) is 11.6 Å². The predicted molar refractivity (Wildman–Crippen MR) is 47.6 cm³/mol. The zero-order valence-electron chi connectivity index (χ0n) is 6.85. The van der Waals surface area contributed by atoms with Crippen molar-refractivity contribution in [3.8, 4) is 0 Å². The average Bonchev–Trinajstić information content (AvgIpc) is 2.50. The molecule has 0 unspecified atom stereocenters. The monoisotopic (exact) mass is 218 g/mol. The van der Waals surface area contributed by atoms with E-state index in [9.17, 15) is 13.2 Å². The molecule has 0 atom stereocenters. The summed E-state index contributed by atoms with van der Waals surface area (Å²) in [5.41, 5.74) is 0. The van der Waals surface area contributed by atoms with Gasteiger partial charge >= 0.3 is 0 Å². The van der Waals surface area contributed by atoms with Crippen molar-refractivity contribution in [2.24, 2.45) is 0 Å². The highest BCUT2D eigenvalue weighted by Gasteiger charge is 2.17. The fourth-order valence-electron chi connectivity index (χ4n) is 1.24. The fourth-order valence-corrected chi connectivity index (χ4v) is 2.18. The van der Waals surface area contributed by atoms with Crippen molar-refractivity contribution in [2.75, 3.05) is 0 Å². The van der Waals surface area contributed by atoms with Crippen LogP contribution in [-0.4, -0.2) is 5.11 Å². The van der Waals surface area contributed by atoms with Crippen LogP contribution in [0, 0.1) is 17.5 Å². The van der Waals surface area contributed by atoms with Gasteiger partial charge in [0.05, 0.1) is 16.9 Å². The second-order valence-corrected chi connectivity index (χ2v) is 3.87. The standard InChI is InChI=1S/C9H5F3OS/c10-4-1-2-5-7(8(4)11)9(12)6(3-13)14-5/h1-2,13H,3H2. The maximum atomic E-state index is 13.3. The van der Waals surface area contributed by atoms with E-state index in [1.165, 1.54) is 6.07 Å². The number of aliphatic hydroxyl groups is 1. The molecule has 1 N–H and O–H groups in total. The zero-order chi connectivity index (χ0) is 10.3. The van der Waals surface area contributed by atoms with Crippen molar-refractivity contribution < 1.29 is 18.3 Å². The van der Waals surface area contributed by atoms with Crippen LogP contribution in [0.4, 0.5) is 13.2 Å². The summed E-state index contributed by atoms with van der Waals surface area (Å²) < 4.78 is 39.5. The van der Waals surface area contributed by atoms with Crippen LogP contribution in [0.25, 0.3) is 10.1 Å². The van der Waals surface area contributed by atoms with Gasteiger partial charge in [-0.25, -0.2) is 13.2 Å². The minimum absolute atomic E-state index is 0.0181. The van der Waals surface area contributed by atoms with Crippen LogP contribution < -0.4 is 0 Å². The molecule has 0 bridgehead atoms. The van der Waals surface area contributed by atoms with Gasteiger partial charge in [-0.3, -0.25) is 0 Å². The van der Waals surface area contributed by atoms with Crippen molar-refractivity contribution in [3.63, 3.8) is 0 Å². The maximum absolute atomic E-state index is 13.3. The Kier molecular flexibility index (Phi) is 2.20. The van der Waals surface area contributed by atoms with Crippen molar-refractivity contribution in [1.29, 1.82) is 0 Å². The van der Waals surface area contributed by atoms with Crippen LogP contribution in [0.5, 0.6) is 0 Å². The van der Waals surface area contributed by atoms with Crippen LogP contribution in [0.15, 0.2) is 12.1 Å². The number of aliphatic hydroxyl groups excluding tert-OH is 1. The summed E-state index contributed by atoms with van der Waals surface area (Å²) in [6.07, 6.45) is 0. The Morgan fingerprint density at radius 3 is 2.50 bits per heavy atom. The van der Waals surface area contributed by atoms with Gasteiger partial charge in [-0.05, 0) is 12.1 Å². The van der Waals surface area contributed by atoms with E-state index in [0.29, 0.717) is 4.70 Å². The van der Waals surface area contributed by atoms with E-state index in [2.05, 4.69) is 0 Å². The van der Waals surface area contributed by atoms with Gasteiger partial charge in [-0.2, -0.15) is 0 Å². The molecule has 0 fully saturated rings. The first-order valence-corrected chi connectivity index (χ1v) is 4.62. The van der Waals surface area contributed by atoms with Crippen LogP contribution in [0.1, 0.15) is 4.88 Å². The van der Waals surface area contributed by atoms with Crippen molar-refractivity contribution >= 4 is 21.4 Å². The highest BCUT2D eigenvalue weighted by molar-refractivity contribution is 7.19. The largest absolute Gasteiger partial charge is 0.391 e. The molecule has 1 aromatic carbocycles. The summed E-state index contributed by atoms with van der Waals surface area (Å²) in [7, 11) is 0. The molecule has 1 heterocycles. The number of fused-ring (bicyclic) bond motifs is 1. The van der Waals surface area contributed by atoms with Gasteiger partial charge in [-0.15, -0.1) is 11.3 Å². The lowest BCUT2D eigenvalue weighted by molar-refractivity contribution is 0.280. The van der Waals surface area contributed by atoms with Crippen LogP contribution in [-0.2, 0) is 6.61 Å². The predicted octanol–water partition coefficient (Wildman–Crippen LogP) is 2.81. The minimum Gasteiger partial charge on any atom is -0.391 e. The number of hydrogen-bond acceptors (Lipinski definition) is 2. The molecule has 14 heavy (non-hydrogen) atoms. The second kappa shape index (κ2) is 3.25. The summed E-state index contributed by atoms with van der Waals surface area (Å²) in [6, 6.07) is 2.23. The van der Waals surface area contributed by atoms with Gasteiger partial charge in [0, 0.05) is 4.70 Å². The smallest absolute Gasteiger partial charge is 0.170 e. The molecule has 74 valence electrons. The third-order valence-corrected chi connectivity index (χ3v) is 3.01. The molecule has 0 saturated carbocycles. The lowest BCUT2D eigenvalue weighted by atomic mass is 10.2. The Bertz CT molecular complexity index is 492. The first-order chi connectivity index (χ1) is 6.65.